The van der Waals surface area contributed by atoms with E-state index in [4.69, 9.17) is 40.5 Å². The van der Waals surface area contributed by atoms with Gasteiger partial charge in [0.15, 0.2) is 0 Å². The molecule has 1 atom stereocenters. The number of aliphatic hydroxyl groups excluding tert-OH is 2. The summed E-state index contributed by atoms with van der Waals surface area (Å²) in [5.41, 5.74) is 0. The van der Waals surface area contributed by atoms with E-state index >= 15 is 0 Å². The maximum Gasteiger partial charge on any atom is 0 e. The van der Waals surface area contributed by atoms with Gasteiger partial charge >= 0.3 is 33.9 Å². The van der Waals surface area contributed by atoms with E-state index in [2.05, 4.69) is 20.0 Å². The number of aliphatic hydroxyl groups is 2. The third-order valence-corrected chi connectivity index (χ3v) is 1.56. The normalized spacial score (nSPS) is 8.85. The van der Waals surface area contributed by atoms with Crippen molar-refractivity contribution < 1.29 is 46.0 Å². The third kappa shape index (κ3) is 36.1. The van der Waals surface area contributed by atoms with E-state index in [9.17, 15) is 0 Å². The molecule has 0 heterocycles. The van der Waals surface area contributed by atoms with E-state index in [1.54, 1.807) is 25.7 Å². The molecule has 0 aliphatic carbocycles. The van der Waals surface area contributed by atoms with E-state index < -0.39 is 0 Å². The Kier molecular flexibility index (Phi) is 68.5. The first-order valence-corrected chi connectivity index (χ1v) is 5.22. The van der Waals surface area contributed by atoms with Crippen LogP contribution in [0.2, 0.25) is 0 Å². The zero-order chi connectivity index (χ0) is 15.9. The molecular weight excluding hydrogens is 331 g/mol. The maximum atomic E-state index is 8.48. The van der Waals surface area contributed by atoms with Gasteiger partial charge in [0.25, 0.3) is 0 Å². The van der Waals surface area contributed by atoms with E-state index in [-0.39, 0.29) is 43.0 Å². The van der Waals surface area contributed by atoms with Crippen LogP contribution in [0, 0.1) is 45.6 Å². The molecule has 4 radical (unpaired) electrons. The zero-order valence-electron chi connectivity index (χ0n) is 10.5. The fourth-order valence-electron chi connectivity index (χ4n) is 0.683. The topological polar surface area (TPSA) is 109 Å². The molecule has 6 nitrogen and oxygen atoms in total. The fraction of sp³-hybridized carbons (Fsp3) is 0.417. The molecule has 0 saturated carbocycles. The Balaban J connectivity index is -0.0000000940. The van der Waals surface area contributed by atoms with Gasteiger partial charge in [-0.1, -0.05) is 0 Å². The number of alkyl halides is 1. The van der Waals surface area contributed by atoms with Crippen LogP contribution in [0.5, 0.6) is 0 Å². The van der Waals surface area contributed by atoms with Crippen LogP contribution in [-0.2, 0) is 35.8 Å². The quantitative estimate of drug-likeness (QED) is 0.206. The Hall–Kier alpha value is -0.0905. The first-order chi connectivity index (χ1) is 9.35. The molecule has 0 aromatic rings. The van der Waals surface area contributed by atoms with Crippen LogP contribution in [0.25, 0.3) is 0 Å². The first kappa shape index (κ1) is 32.0. The number of ether oxygens (including phenoxy) is 1. The van der Waals surface area contributed by atoms with Crippen LogP contribution >= 0.6 is 11.6 Å². The Morgan fingerprint density at radius 2 is 1.55 bits per heavy atom. The molecular formula is C12H15ClFeO6. The van der Waals surface area contributed by atoms with Crippen LogP contribution in [-0.4, -0.2) is 42.0 Å². The van der Waals surface area contributed by atoms with E-state index in [1.807, 2.05) is 0 Å². The number of unbranched alkanes of at least 4 members (excludes halogenated alkanes) is 2. The van der Waals surface area contributed by atoms with Gasteiger partial charge in [-0.15, -0.1) is 11.6 Å². The van der Waals surface area contributed by atoms with Gasteiger partial charge in [0, 0.05) is 29.6 Å². The van der Waals surface area contributed by atoms with Crippen LogP contribution in [0.3, 0.4) is 0 Å². The van der Waals surface area contributed by atoms with E-state index in [1.165, 1.54) is 0 Å². The molecule has 0 aromatic carbocycles. The Morgan fingerprint density at radius 3 is 1.90 bits per heavy atom. The summed E-state index contributed by atoms with van der Waals surface area (Å²) in [4.78, 5) is 0. The van der Waals surface area contributed by atoms with Crippen molar-refractivity contribution in [3.8, 4) is 0 Å². The number of halogens is 1. The minimum atomic E-state index is -0.183. The van der Waals surface area contributed by atoms with Crippen molar-refractivity contribution in [3.05, 3.63) is 45.6 Å². The molecule has 0 aromatic heterocycles. The second-order valence-electron chi connectivity index (χ2n) is 2.28. The fourth-order valence-corrected chi connectivity index (χ4v) is 0.875. The molecule has 2 N–H and O–H groups in total. The average molecular weight is 347 g/mol. The second-order valence-corrected chi connectivity index (χ2v) is 2.59. The summed E-state index contributed by atoms with van der Waals surface area (Å²) in [5.74, 6) is 0.351. The summed E-state index contributed by atoms with van der Waals surface area (Å²) in [6, 6.07) is 0. The molecule has 0 aliphatic rings. The summed E-state index contributed by atoms with van der Waals surface area (Å²) in [6.45, 7) is 13.8. The summed E-state index contributed by atoms with van der Waals surface area (Å²) in [6.07, 6.45) is 6.66. The predicted molar refractivity (Wildman–Crippen MR) is 63.6 cm³/mol. The molecule has 0 bridgehead atoms. The second kappa shape index (κ2) is 42.8. The number of hydrogen-bond acceptors (Lipinski definition) is 3. The van der Waals surface area contributed by atoms with Gasteiger partial charge in [-0.25, -0.2) is 0 Å². The van der Waals surface area contributed by atoms with Crippen LogP contribution in [0.15, 0.2) is 0 Å². The monoisotopic (exact) mass is 346 g/mol. The first-order valence-electron chi connectivity index (χ1n) is 4.69. The van der Waals surface area contributed by atoms with Gasteiger partial charge in [0.1, 0.15) is 0 Å². The van der Waals surface area contributed by atoms with E-state index in [0.29, 0.717) is 5.88 Å². The van der Waals surface area contributed by atoms with Crippen molar-refractivity contribution >= 4 is 11.6 Å². The Morgan fingerprint density at radius 1 is 1.05 bits per heavy atom. The standard InChI is InChI=1S/C9H15ClO3.3CO.Fe/c10-8-9(13-7-6-12)4-2-1-3-5-11;3*1-2;/h1-4,9,11-12H,5-8H2;;;;/t9-;;;;/m1..../s1. The molecule has 0 fully saturated rings. The maximum absolute atomic E-state index is 8.48. The Labute approximate surface area is 135 Å². The van der Waals surface area contributed by atoms with Crippen LogP contribution in [0.4, 0.5) is 0 Å². The van der Waals surface area contributed by atoms with Crippen molar-refractivity contribution in [2.75, 3.05) is 25.7 Å². The molecule has 114 valence electrons. The Bertz CT molecular complexity index is 184. The third-order valence-electron chi connectivity index (χ3n) is 1.25. The number of rotatable bonds is 9. The van der Waals surface area contributed by atoms with Crippen LogP contribution in [0.1, 0.15) is 0 Å². The largest absolute Gasteiger partial charge is 0 e. The molecule has 0 unspecified atom stereocenters. The molecule has 0 saturated heterocycles. The van der Waals surface area contributed by atoms with Crippen molar-refractivity contribution in [1.29, 1.82) is 0 Å². The minimum Gasteiger partial charge on any atom is 0 e. The van der Waals surface area contributed by atoms with E-state index in [0.717, 1.165) is 0 Å². The van der Waals surface area contributed by atoms with Gasteiger partial charge in [-0.2, -0.15) is 0 Å². The molecule has 0 spiro atoms. The number of hydrogen-bond donors (Lipinski definition) is 2. The van der Waals surface area contributed by atoms with Crippen molar-refractivity contribution in [1.82, 2.24) is 0 Å². The van der Waals surface area contributed by atoms with Gasteiger partial charge in [-0.05, 0) is 25.7 Å². The SMILES string of the molecule is OC[CH][CH][CH][CH][C@H](CCl)OCCO.[C-]#[O+].[C-]#[O+].[C-]#[O+].[Fe]. The summed E-state index contributed by atoms with van der Waals surface area (Å²) in [5, 5.41) is 16.9. The molecule has 8 heteroatoms. The zero-order valence-corrected chi connectivity index (χ0v) is 12.3. The molecule has 0 amide bonds. The van der Waals surface area contributed by atoms with Gasteiger partial charge in [0.2, 0.25) is 0 Å². The van der Waals surface area contributed by atoms with Crippen molar-refractivity contribution in [3.63, 3.8) is 0 Å². The molecule has 20 heavy (non-hydrogen) atoms. The summed E-state index contributed by atoms with van der Waals surface area (Å²) >= 11 is 5.58. The molecule has 0 rings (SSSR count). The van der Waals surface area contributed by atoms with Gasteiger partial charge in [0.05, 0.1) is 19.3 Å². The summed E-state index contributed by atoms with van der Waals surface area (Å²) in [7, 11) is 0. The predicted octanol–water partition coefficient (Wildman–Crippen LogP) is 0.297. The van der Waals surface area contributed by atoms with Crippen molar-refractivity contribution in [2.24, 2.45) is 0 Å². The molecule has 0 aliphatic heterocycles. The average Bonchev–Trinajstić information content (AvgIpc) is 2.52. The van der Waals surface area contributed by atoms with Crippen molar-refractivity contribution in [2.45, 2.75) is 6.10 Å². The van der Waals surface area contributed by atoms with Gasteiger partial charge in [-0.3, -0.25) is 0 Å². The smallest absolute Gasteiger partial charge is 0 e. The summed E-state index contributed by atoms with van der Waals surface area (Å²) < 4.78 is 27.7. The van der Waals surface area contributed by atoms with Crippen LogP contribution < -0.4 is 0 Å². The minimum absolute atomic E-state index is 0. The van der Waals surface area contributed by atoms with Gasteiger partial charge < -0.3 is 14.9 Å².